The van der Waals surface area contributed by atoms with Crippen molar-refractivity contribution >= 4 is 12.0 Å². The molecular weight excluding hydrogens is 414 g/mol. The molecule has 166 valence electrons. The Bertz CT molecular complexity index is 1230. The van der Waals surface area contributed by atoms with E-state index in [1.165, 1.54) is 0 Å². The van der Waals surface area contributed by atoms with Crippen molar-refractivity contribution in [2.75, 3.05) is 20.3 Å². The maximum atomic E-state index is 13.1. The summed E-state index contributed by atoms with van der Waals surface area (Å²) in [6, 6.07) is 26.6. The van der Waals surface area contributed by atoms with Crippen molar-refractivity contribution in [2.45, 2.75) is 6.92 Å². The molecule has 4 rings (SSSR count). The monoisotopic (exact) mass is 439 g/mol. The first kappa shape index (κ1) is 22.0. The number of benzene rings is 3. The Labute approximate surface area is 193 Å². The molecule has 0 amide bonds. The molecule has 33 heavy (non-hydrogen) atoms. The zero-order valence-corrected chi connectivity index (χ0v) is 18.6. The fourth-order valence-electron chi connectivity index (χ4n) is 3.38. The number of methoxy groups -OCH3 is 1. The van der Waals surface area contributed by atoms with Crippen molar-refractivity contribution in [3.8, 4) is 28.4 Å². The first-order valence-electron chi connectivity index (χ1n) is 10.7. The molecule has 1 heterocycles. The summed E-state index contributed by atoms with van der Waals surface area (Å²) in [6.07, 6.45) is 1.70. The Balaban J connectivity index is 1.58. The van der Waals surface area contributed by atoms with Gasteiger partial charge in [0.15, 0.2) is 0 Å². The summed E-state index contributed by atoms with van der Waals surface area (Å²) < 4.78 is 12.4. The van der Waals surface area contributed by atoms with Crippen LogP contribution in [0.5, 0.6) is 11.5 Å². The average molecular weight is 440 g/mol. The Kier molecular flexibility index (Phi) is 6.95. The molecule has 0 saturated heterocycles. The van der Waals surface area contributed by atoms with Crippen LogP contribution in [0.1, 0.15) is 23.0 Å². The second-order valence-electron chi connectivity index (χ2n) is 7.29. The molecular formula is C27H25N3O3. The topological polar surface area (TPSA) is 65.7 Å². The van der Waals surface area contributed by atoms with E-state index in [-0.39, 0.29) is 12.3 Å². The standard InChI is InChI=1S/C27H25N3O3/c1-3-33-24-13-9-20(10-14-24)18-28-19-27(31)26-17-25(21-11-15-23(32-2)16-12-21)29-30(26)22-7-5-4-6-8-22/h4-18H,3,19H2,1-2H3. The number of nitrogens with zero attached hydrogens (tertiary/aromatic N) is 3. The van der Waals surface area contributed by atoms with Crippen LogP contribution in [0.2, 0.25) is 0 Å². The van der Waals surface area contributed by atoms with Gasteiger partial charge in [0.05, 0.1) is 25.1 Å². The number of carbonyl (C=O) groups excluding carboxylic acids is 1. The summed E-state index contributed by atoms with van der Waals surface area (Å²) in [5, 5.41) is 4.71. The van der Waals surface area contributed by atoms with Crippen molar-refractivity contribution in [2.24, 2.45) is 4.99 Å². The minimum Gasteiger partial charge on any atom is -0.497 e. The molecule has 0 N–H and O–H groups in total. The molecule has 0 radical (unpaired) electrons. The second-order valence-corrected chi connectivity index (χ2v) is 7.29. The predicted molar refractivity (Wildman–Crippen MR) is 130 cm³/mol. The van der Waals surface area contributed by atoms with Crippen molar-refractivity contribution in [1.29, 1.82) is 0 Å². The highest BCUT2D eigenvalue weighted by Crippen LogP contribution is 2.24. The zero-order valence-electron chi connectivity index (χ0n) is 18.6. The van der Waals surface area contributed by atoms with Gasteiger partial charge in [0.1, 0.15) is 23.7 Å². The number of ether oxygens (including phenoxy) is 2. The molecule has 6 nitrogen and oxygen atoms in total. The summed E-state index contributed by atoms with van der Waals surface area (Å²) in [5.41, 5.74) is 3.81. The minimum atomic E-state index is -0.117. The first-order valence-corrected chi connectivity index (χ1v) is 10.7. The molecule has 0 atom stereocenters. The van der Waals surface area contributed by atoms with Crippen molar-refractivity contribution < 1.29 is 14.3 Å². The van der Waals surface area contributed by atoms with Gasteiger partial charge in [-0.25, -0.2) is 4.68 Å². The number of hydrogen-bond acceptors (Lipinski definition) is 5. The van der Waals surface area contributed by atoms with Crippen molar-refractivity contribution in [1.82, 2.24) is 9.78 Å². The fraction of sp³-hybridized carbons (Fsp3) is 0.148. The van der Waals surface area contributed by atoms with Crippen LogP contribution in [0.3, 0.4) is 0 Å². The van der Waals surface area contributed by atoms with E-state index in [0.29, 0.717) is 18.0 Å². The van der Waals surface area contributed by atoms with Gasteiger partial charge in [-0.2, -0.15) is 5.10 Å². The largest absolute Gasteiger partial charge is 0.497 e. The van der Waals surface area contributed by atoms with Crippen LogP contribution in [0.15, 0.2) is 89.9 Å². The quantitative estimate of drug-likeness (QED) is 0.264. The average Bonchev–Trinajstić information content (AvgIpc) is 3.32. The van der Waals surface area contributed by atoms with E-state index in [4.69, 9.17) is 14.6 Å². The normalized spacial score (nSPS) is 11.0. The lowest BCUT2D eigenvalue weighted by Crippen LogP contribution is -2.11. The number of aliphatic imine (C=N–C) groups is 1. The zero-order chi connectivity index (χ0) is 23.0. The van der Waals surface area contributed by atoms with Crippen molar-refractivity contribution in [3.63, 3.8) is 0 Å². The van der Waals surface area contributed by atoms with Gasteiger partial charge in [-0.1, -0.05) is 18.2 Å². The van der Waals surface area contributed by atoms with E-state index in [9.17, 15) is 4.79 Å². The van der Waals surface area contributed by atoms with E-state index in [0.717, 1.165) is 28.3 Å². The van der Waals surface area contributed by atoms with E-state index in [1.807, 2.05) is 91.9 Å². The van der Waals surface area contributed by atoms with Crippen LogP contribution in [-0.2, 0) is 0 Å². The number of aromatic nitrogens is 2. The lowest BCUT2D eigenvalue weighted by atomic mass is 10.1. The highest BCUT2D eigenvalue weighted by molar-refractivity contribution is 5.98. The van der Waals surface area contributed by atoms with Crippen LogP contribution in [0, 0.1) is 0 Å². The van der Waals surface area contributed by atoms with Gasteiger partial charge in [0, 0.05) is 11.8 Å². The Morgan fingerprint density at radius 3 is 2.33 bits per heavy atom. The van der Waals surface area contributed by atoms with Gasteiger partial charge in [0.2, 0.25) is 5.78 Å². The van der Waals surface area contributed by atoms with Gasteiger partial charge >= 0.3 is 0 Å². The van der Waals surface area contributed by atoms with E-state index < -0.39 is 0 Å². The fourth-order valence-corrected chi connectivity index (χ4v) is 3.38. The summed E-state index contributed by atoms with van der Waals surface area (Å²) in [7, 11) is 1.63. The molecule has 0 spiro atoms. The summed E-state index contributed by atoms with van der Waals surface area (Å²) in [4.78, 5) is 17.5. The maximum absolute atomic E-state index is 13.1. The van der Waals surface area contributed by atoms with Crippen LogP contribution in [-0.4, -0.2) is 42.0 Å². The van der Waals surface area contributed by atoms with Gasteiger partial charge in [-0.15, -0.1) is 0 Å². The summed E-state index contributed by atoms with van der Waals surface area (Å²) >= 11 is 0. The smallest absolute Gasteiger partial charge is 0.202 e. The van der Waals surface area contributed by atoms with Crippen LogP contribution in [0.4, 0.5) is 0 Å². The number of hydrogen-bond donors (Lipinski definition) is 0. The van der Waals surface area contributed by atoms with E-state index in [1.54, 1.807) is 18.0 Å². The third-order valence-corrected chi connectivity index (χ3v) is 5.05. The number of Topliss-reactive ketones (excluding diaryl/α,β-unsaturated/α-hetero) is 1. The molecule has 0 bridgehead atoms. The molecule has 0 unspecified atom stereocenters. The first-order chi connectivity index (χ1) is 16.2. The summed E-state index contributed by atoms with van der Waals surface area (Å²) in [6.45, 7) is 2.59. The second kappa shape index (κ2) is 10.4. The summed E-state index contributed by atoms with van der Waals surface area (Å²) in [5.74, 6) is 1.46. The molecule has 0 aliphatic heterocycles. The lowest BCUT2D eigenvalue weighted by Gasteiger charge is -2.05. The van der Waals surface area contributed by atoms with E-state index in [2.05, 4.69) is 4.99 Å². The Hall–Kier alpha value is -4.19. The number of para-hydroxylation sites is 1. The molecule has 1 aromatic heterocycles. The Morgan fingerprint density at radius 1 is 0.970 bits per heavy atom. The molecule has 0 aliphatic carbocycles. The third-order valence-electron chi connectivity index (χ3n) is 5.05. The van der Waals surface area contributed by atoms with Crippen LogP contribution >= 0.6 is 0 Å². The predicted octanol–water partition coefficient (Wildman–Crippen LogP) is 5.25. The number of rotatable bonds is 9. The highest BCUT2D eigenvalue weighted by atomic mass is 16.5. The number of carbonyl (C=O) groups is 1. The van der Waals surface area contributed by atoms with Gasteiger partial charge in [-0.3, -0.25) is 9.79 Å². The van der Waals surface area contributed by atoms with Gasteiger partial charge in [0.25, 0.3) is 0 Å². The molecule has 0 saturated carbocycles. The number of ketones is 1. The maximum Gasteiger partial charge on any atom is 0.202 e. The molecule has 4 aromatic rings. The highest BCUT2D eigenvalue weighted by Gasteiger charge is 2.17. The van der Waals surface area contributed by atoms with Gasteiger partial charge < -0.3 is 9.47 Å². The minimum absolute atomic E-state index is 0.0216. The van der Waals surface area contributed by atoms with Crippen molar-refractivity contribution in [3.05, 3.63) is 96.2 Å². The van der Waals surface area contributed by atoms with Gasteiger partial charge in [-0.05, 0) is 79.2 Å². The molecule has 0 aliphatic rings. The molecule has 0 fully saturated rings. The van der Waals surface area contributed by atoms with E-state index >= 15 is 0 Å². The molecule has 6 heteroatoms. The SMILES string of the molecule is CCOc1ccc(C=NCC(=O)c2cc(-c3ccc(OC)cc3)nn2-c2ccccc2)cc1. The lowest BCUT2D eigenvalue weighted by molar-refractivity contribution is 0.0995. The molecule has 3 aromatic carbocycles. The third kappa shape index (κ3) is 5.36. The van der Waals surface area contributed by atoms with Crippen LogP contribution in [0.25, 0.3) is 16.9 Å². The Morgan fingerprint density at radius 2 is 1.67 bits per heavy atom. The van der Waals surface area contributed by atoms with Crippen LogP contribution < -0.4 is 9.47 Å².